The number of halogens is 2. The molecule has 21 heavy (non-hydrogen) atoms. The van der Waals surface area contributed by atoms with Gasteiger partial charge in [-0.15, -0.1) is 12.4 Å². The lowest BCUT2D eigenvalue weighted by Gasteiger charge is -2.19. The van der Waals surface area contributed by atoms with Crippen molar-refractivity contribution in [3.63, 3.8) is 0 Å². The van der Waals surface area contributed by atoms with Crippen LogP contribution in [-0.4, -0.2) is 30.5 Å². The van der Waals surface area contributed by atoms with Gasteiger partial charge in [-0.3, -0.25) is 4.79 Å². The standard InChI is InChI=1S/C15H21BrN2OS.ClH/c1-20-9-6-13(17)14(19)18-10-15(7-8-15)11-4-2-3-5-12(11)16;/h2-5,13H,6-10,17H2,1H3,(H,18,19);1H/t13-;/m0./s1. The molecular weight excluding hydrogens is 372 g/mol. The molecule has 0 radical (unpaired) electrons. The number of carbonyl (C=O) groups is 1. The summed E-state index contributed by atoms with van der Waals surface area (Å²) in [5.41, 5.74) is 7.28. The second kappa shape index (κ2) is 8.42. The number of rotatable bonds is 7. The molecule has 1 aromatic carbocycles. The molecule has 0 heterocycles. The summed E-state index contributed by atoms with van der Waals surface area (Å²) in [5, 5.41) is 3.03. The van der Waals surface area contributed by atoms with Crippen molar-refractivity contribution in [2.75, 3.05) is 18.6 Å². The summed E-state index contributed by atoms with van der Waals surface area (Å²) in [4.78, 5) is 12.0. The van der Waals surface area contributed by atoms with Crippen LogP contribution in [0.4, 0.5) is 0 Å². The fraction of sp³-hybridized carbons (Fsp3) is 0.533. The first-order valence-electron chi connectivity index (χ1n) is 6.86. The van der Waals surface area contributed by atoms with E-state index in [2.05, 4.69) is 33.4 Å². The van der Waals surface area contributed by atoms with Gasteiger partial charge >= 0.3 is 0 Å². The van der Waals surface area contributed by atoms with Gasteiger partial charge in [0.1, 0.15) is 0 Å². The average molecular weight is 394 g/mol. The zero-order valence-electron chi connectivity index (χ0n) is 12.1. The van der Waals surface area contributed by atoms with Crippen LogP contribution < -0.4 is 11.1 Å². The number of nitrogens with two attached hydrogens (primary N) is 1. The second-order valence-electron chi connectivity index (χ2n) is 5.37. The van der Waals surface area contributed by atoms with Crippen LogP contribution in [0.1, 0.15) is 24.8 Å². The lowest BCUT2D eigenvalue weighted by molar-refractivity contribution is -0.122. The van der Waals surface area contributed by atoms with Gasteiger partial charge in [-0.25, -0.2) is 0 Å². The third-order valence-electron chi connectivity index (χ3n) is 3.87. The minimum atomic E-state index is -0.391. The summed E-state index contributed by atoms with van der Waals surface area (Å²) in [6.07, 6.45) is 5.00. The number of carbonyl (C=O) groups excluding carboxylic acids is 1. The molecule has 3 nitrogen and oxygen atoms in total. The summed E-state index contributed by atoms with van der Waals surface area (Å²) in [7, 11) is 0. The van der Waals surface area contributed by atoms with Crippen LogP contribution in [0.5, 0.6) is 0 Å². The maximum absolute atomic E-state index is 12.0. The molecule has 1 saturated carbocycles. The lowest BCUT2D eigenvalue weighted by atomic mass is 9.96. The van der Waals surface area contributed by atoms with E-state index in [1.807, 2.05) is 18.4 Å². The highest BCUT2D eigenvalue weighted by atomic mass is 79.9. The van der Waals surface area contributed by atoms with E-state index in [1.54, 1.807) is 11.8 Å². The van der Waals surface area contributed by atoms with Crippen molar-refractivity contribution in [2.45, 2.75) is 30.7 Å². The van der Waals surface area contributed by atoms with Crippen molar-refractivity contribution < 1.29 is 4.79 Å². The average Bonchev–Trinajstić information content (AvgIpc) is 3.23. The van der Waals surface area contributed by atoms with Crippen molar-refractivity contribution in [3.05, 3.63) is 34.3 Å². The van der Waals surface area contributed by atoms with Crippen LogP contribution in [0.3, 0.4) is 0 Å². The number of thioether (sulfide) groups is 1. The second-order valence-corrected chi connectivity index (χ2v) is 7.21. The molecule has 0 aromatic heterocycles. The number of hydrogen-bond donors (Lipinski definition) is 2. The first-order valence-corrected chi connectivity index (χ1v) is 9.05. The summed E-state index contributed by atoms with van der Waals surface area (Å²) in [5.74, 6) is 0.890. The summed E-state index contributed by atoms with van der Waals surface area (Å²) < 4.78 is 1.12. The van der Waals surface area contributed by atoms with Crippen LogP contribution in [-0.2, 0) is 10.2 Å². The third-order valence-corrected chi connectivity index (χ3v) is 5.20. The predicted molar refractivity (Wildman–Crippen MR) is 96.3 cm³/mol. The van der Waals surface area contributed by atoms with Gasteiger partial charge in [0.2, 0.25) is 5.91 Å². The fourth-order valence-electron chi connectivity index (χ4n) is 2.35. The third kappa shape index (κ3) is 4.88. The number of nitrogens with one attached hydrogen (secondary N) is 1. The van der Waals surface area contributed by atoms with Gasteiger partial charge in [0, 0.05) is 16.4 Å². The van der Waals surface area contributed by atoms with Crippen molar-refractivity contribution in [3.8, 4) is 0 Å². The lowest BCUT2D eigenvalue weighted by Crippen LogP contribution is -2.43. The molecule has 1 aliphatic carbocycles. The molecule has 0 spiro atoms. The molecule has 1 atom stereocenters. The van der Waals surface area contributed by atoms with Gasteiger partial charge in [-0.05, 0) is 42.9 Å². The Bertz CT molecular complexity index is 482. The number of amides is 1. The quantitative estimate of drug-likeness (QED) is 0.748. The maximum atomic E-state index is 12.0. The molecule has 0 bridgehead atoms. The fourth-order valence-corrected chi connectivity index (χ4v) is 3.54. The number of hydrogen-bond acceptors (Lipinski definition) is 3. The molecule has 0 aliphatic heterocycles. The number of benzene rings is 1. The molecule has 1 fully saturated rings. The van der Waals surface area contributed by atoms with E-state index in [1.165, 1.54) is 5.56 Å². The van der Waals surface area contributed by atoms with Gasteiger partial charge in [-0.2, -0.15) is 11.8 Å². The highest BCUT2D eigenvalue weighted by Gasteiger charge is 2.45. The first kappa shape index (κ1) is 18.8. The van der Waals surface area contributed by atoms with Crippen molar-refractivity contribution >= 4 is 46.0 Å². The van der Waals surface area contributed by atoms with Crippen LogP contribution in [0.25, 0.3) is 0 Å². The van der Waals surface area contributed by atoms with Crippen LogP contribution in [0.15, 0.2) is 28.7 Å². The minimum Gasteiger partial charge on any atom is -0.354 e. The zero-order valence-corrected chi connectivity index (χ0v) is 15.3. The van der Waals surface area contributed by atoms with E-state index in [-0.39, 0.29) is 23.7 Å². The minimum absolute atomic E-state index is 0. The Morgan fingerprint density at radius 2 is 2.14 bits per heavy atom. The van der Waals surface area contributed by atoms with Crippen molar-refractivity contribution in [1.29, 1.82) is 0 Å². The largest absolute Gasteiger partial charge is 0.354 e. The molecule has 2 rings (SSSR count). The summed E-state index contributed by atoms with van der Waals surface area (Å²) in [6.45, 7) is 0.682. The summed E-state index contributed by atoms with van der Waals surface area (Å²) >= 11 is 5.32. The molecular formula is C15H22BrClN2OS. The SMILES string of the molecule is CSCC[C@H](N)C(=O)NCC1(c2ccccc2Br)CC1.Cl. The van der Waals surface area contributed by atoms with E-state index in [0.717, 1.165) is 29.5 Å². The first-order chi connectivity index (χ1) is 9.59. The molecule has 0 unspecified atom stereocenters. The Hall–Kier alpha value is -0.230. The van der Waals surface area contributed by atoms with Gasteiger partial charge < -0.3 is 11.1 Å². The highest BCUT2D eigenvalue weighted by Crippen LogP contribution is 2.49. The van der Waals surface area contributed by atoms with E-state index in [4.69, 9.17) is 5.73 Å². The monoisotopic (exact) mass is 392 g/mol. The molecule has 3 N–H and O–H groups in total. The van der Waals surface area contributed by atoms with Crippen LogP contribution in [0, 0.1) is 0 Å². The molecule has 1 amide bonds. The highest BCUT2D eigenvalue weighted by molar-refractivity contribution is 9.10. The molecule has 1 aliphatic rings. The Balaban J connectivity index is 0.00000220. The van der Waals surface area contributed by atoms with Crippen molar-refractivity contribution in [1.82, 2.24) is 5.32 Å². The van der Waals surface area contributed by atoms with E-state index in [0.29, 0.717) is 6.54 Å². The van der Waals surface area contributed by atoms with Crippen LogP contribution in [0.2, 0.25) is 0 Å². The molecule has 1 aromatic rings. The predicted octanol–water partition coefficient (Wildman–Crippen LogP) is 3.10. The van der Waals surface area contributed by atoms with Gasteiger partial charge in [0.05, 0.1) is 6.04 Å². The Morgan fingerprint density at radius 3 is 2.71 bits per heavy atom. The van der Waals surface area contributed by atoms with E-state index < -0.39 is 6.04 Å². The van der Waals surface area contributed by atoms with Crippen LogP contribution >= 0.6 is 40.1 Å². The molecule has 6 heteroatoms. The van der Waals surface area contributed by atoms with E-state index in [9.17, 15) is 4.79 Å². The Labute approximate surface area is 145 Å². The zero-order chi connectivity index (χ0) is 14.6. The normalized spacial score (nSPS) is 16.7. The Kier molecular flexibility index (Phi) is 7.54. The maximum Gasteiger partial charge on any atom is 0.236 e. The molecule has 118 valence electrons. The topological polar surface area (TPSA) is 55.1 Å². The van der Waals surface area contributed by atoms with Gasteiger partial charge in [-0.1, -0.05) is 34.1 Å². The smallest absolute Gasteiger partial charge is 0.236 e. The van der Waals surface area contributed by atoms with Crippen molar-refractivity contribution in [2.24, 2.45) is 5.73 Å². The Morgan fingerprint density at radius 1 is 1.48 bits per heavy atom. The molecule has 0 saturated heterocycles. The summed E-state index contributed by atoms with van der Waals surface area (Å²) in [6, 6.07) is 7.86. The van der Waals surface area contributed by atoms with Gasteiger partial charge in [0.15, 0.2) is 0 Å². The van der Waals surface area contributed by atoms with E-state index >= 15 is 0 Å². The van der Waals surface area contributed by atoms with Gasteiger partial charge in [0.25, 0.3) is 0 Å².